The molecule has 1 heterocycles. The van der Waals surface area contributed by atoms with Crippen LogP contribution in [0.4, 0.5) is 5.69 Å². The Bertz CT molecular complexity index is 546. The first-order chi connectivity index (χ1) is 10.6. The number of carbonyl (C=O) groups excluding carboxylic acids is 2. The highest BCUT2D eigenvalue weighted by molar-refractivity contribution is 5.95. The quantitative estimate of drug-likeness (QED) is 0.874. The lowest BCUT2D eigenvalue weighted by molar-refractivity contribution is -0.130. The Balaban J connectivity index is 1.55. The third kappa shape index (κ3) is 3.59. The van der Waals surface area contributed by atoms with Gasteiger partial charge < -0.3 is 15.5 Å². The molecule has 1 atom stereocenters. The molecule has 0 aromatic heterocycles. The summed E-state index contributed by atoms with van der Waals surface area (Å²) < 4.78 is 0. The number of benzene rings is 1. The molecule has 1 aliphatic heterocycles. The number of hydrogen-bond donors (Lipinski definition) is 2. The van der Waals surface area contributed by atoms with Gasteiger partial charge in [0.05, 0.1) is 0 Å². The Labute approximate surface area is 131 Å². The predicted octanol–water partition coefficient (Wildman–Crippen LogP) is 2.00. The zero-order chi connectivity index (χ0) is 15.5. The Morgan fingerprint density at radius 2 is 1.77 bits per heavy atom. The summed E-state index contributed by atoms with van der Waals surface area (Å²) in [5, 5.41) is 6.18. The molecular weight excluding hydrogens is 278 g/mol. The highest BCUT2D eigenvalue weighted by Crippen LogP contribution is 2.20. The van der Waals surface area contributed by atoms with E-state index in [2.05, 4.69) is 10.6 Å². The molecule has 1 saturated carbocycles. The lowest BCUT2D eigenvalue weighted by atomic mass is 10.1. The average Bonchev–Trinajstić information content (AvgIpc) is 3.17. The van der Waals surface area contributed by atoms with E-state index in [0.29, 0.717) is 11.6 Å². The molecule has 2 fully saturated rings. The summed E-state index contributed by atoms with van der Waals surface area (Å²) in [5.74, 6) is 0.128. The fourth-order valence-electron chi connectivity index (χ4n) is 2.74. The van der Waals surface area contributed by atoms with E-state index in [0.717, 1.165) is 44.5 Å². The summed E-state index contributed by atoms with van der Waals surface area (Å²) in [7, 11) is 0. The van der Waals surface area contributed by atoms with Crippen molar-refractivity contribution in [3.63, 3.8) is 0 Å². The SMILES string of the molecule is CC(Nc1ccc(C(=O)NC2CC2)cc1)C(=O)N1CCCC1. The maximum Gasteiger partial charge on any atom is 0.251 e. The van der Waals surface area contributed by atoms with E-state index >= 15 is 0 Å². The molecule has 0 radical (unpaired) electrons. The molecule has 2 amide bonds. The maximum atomic E-state index is 12.3. The number of amides is 2. The fourth-order valence-corrected chi connectivity index (χ4v) is 2.74. The smallest absolute Gasteiger partial charge is 0.251 e. The van der Waals surface area contributed by atoms with Crippen molar-refractivity contribution < 1.29 is 9.59 Å². The number of nitrogens with one attached hydrogen (secondary N) is 2. The van der Waals surface area contributed by atoms with Gasteiger partial charge in [0.25, 0.3) is 5.91 Å². The summed E-state index contributed by atoms with van der Waals surface area (Å²) in [6, 6.07) is 7.43. The van der Waals surface area contributed by atoms with Crippen molar-refractivity contribution >= 4 is 17.5 Å². The molecule has 2 N–H and O–H groups in total. The van der Waals surface area contributed by atoms with Gasteiger partial charge >= 0.3 is 0 Å². The molecule has 1 aromatic carbocycles. The number of carbonyl (C=O) groups is 2. The zero-order valence-electron chi connectivity index (χ0n) is 13.0. The summed E-state index contributed by atoms with van der Waals surface area (Å²) in [6.07, 6.45) is 4.37. The first-order valence-electron chi connectivity index (χ1n) is 8.10. The number of nitrogens with zero attached hydrogens (tertiary/aromatic N) is 1. The first-order valence-corrected chi connectivity index (χ1v) is 8.10. The van der Waals surface area contributed by atoms with Crippen LogP contribution in [0.3, 0.4) is 0 Å². The molecule has 118 valence electrons. The molecule has 1 saturated heterocycles. The molecule has 1 aromatic rings. The second kappa shape index (κ2) is 6.38. The van der Waals surface area contributed by atoms with Gasteiger partial charge in [-0.3, -0.25) is 9.59 Å². The maximum absolute atomic E-state index is 12.3. The van der Waals surface area contributed by atoms with E-state index in [1.807, 2.05) is 24.0 Å². The third-order valence-electron chi connectivity index (χ3n) is 4.23. The van der Waals surface area contributed by atoms with Gasteiger partial charge in [0.1, 0.15) is 6.04 Å². The molecule has 1 unspecified atom stereocenters. The van der Waals surface area contributed by atoms with E-state index in [-0.39, 0.29) is 17.9 Å². The minimum absolute atomic E-state index is 0.0183. The number of hydrogen-bond acceptors (Lipinski definition) is 3. The second-order valence-corrected chi connectivity index (χ2v) is 6.22. The van der Waals surface area contributed by atoms with Crippen LogP contribution in [-0.2, 0) is 4.79 Å². The normalized spacial score (nSPS) is 18.9. The van der Waals surface area contributed by atoms with Gasteiger partial charge in [0.15, 0.2) is 0 Å². The molecule has 2 aliphatic rings. The molecule has 5 nitrogen and oxygen atoms in total. The molecule has 5 heteroatoms. The van der Waals surface area contributed by atoms with Crippen molar-refractivity contribution in [3.05, 3.63) is 29.8 Å². The molecule has 1 aliphatic carbocycles. The topological polar surface area (TPSA) is 61.4 Å². The van der Waals surface area contributed by atoms with Gasteiger partial charge in [-0.15, -0.1) is 0 Å². The van der Waals surface area contributed by atoms with Crippen LogP contribution >= 0.6 is 0 Å². The van der Waals surface area contributed by atoms with E-state index in [9.17, 15) is 9.59 Å². The monoisotopic (exact) mass is 301 g/mol. The number of anilines is 1. The van der Waals surface area contributed by atoms with Crippen molar-refractivity contribution in [1.29, 1.82) is 0 Å². The number of likely N-dealkylation sites (tertiary alicyclic amines) is 1. The van der Waals surface area contributed by atoms with Gasteiger partial charge in [-0.25, -0.2) is 0 Å². The summed E-state index contributed by atoms with van der Waals surface area (Å²) in [5.41, 5.74) is 1.53. The van der Waals surface area contributed by atoms with Crippen LogP contribution in [0.1, 0.15) is 43.0 Å². The van der Waals surface area contributed by atoms with E-state index in [4.69, 9.17) is 0 Å². The first kappa shape index (κ1) is 14.9. The van der Waals surface area contributed by atoms with Crippen molar-refractivity contribution in [3.8, 4) is 0 Å². The van der Waals surface area contributed by atoms with Crippen molar-refractivity contribution in [2.45, 2.75) is 44.7 Å². The summed E-state index contributed by atoms with van der Waals surface area (Å²) >= 11 is 0. The highest BCUT2D eigenvalue weighted by atomic mass is 16.2. The Kier molecular flexibility index (Phi) is 4.32. The molecule has 0 bridgehead atoms. The fraction of sp³-hybridized carbons (Fsp3) is 0.529. The van der Waals surface area contributed by atoms with Gasteiger partial charge in [0.2, 0.25) is 5.91 Å². The van der Waals surface area contributed by atoms with E-state index in [1.165, 1.54) is 0 Å². The molecule has 0 spiro atoms. The second-order valence-electron chi connectivity index (χ2n) is 6.22. The summed E-state index contributed by atoms with van der Waals surface area (Å²) in [6.45, 7) is 3.62. The van der Waals surface area contributed by atoms with Gasteiger partial charge in [-0.2, -0.15) is 0 Å². The van der Waals surface area contributed by atoms with Gasteiger partial charge in [-0.05, 0) is 56.9 Å². The third-order valence-corrected chi connectivity index (χ3v) is 4.23. The lowest BCUT2D eigenvalue weighted by Crippen LogP contribution is -2.39. The van der Waals surface area contributed by atoms with Crippen molar-refractivity contribution in [1.82, 2.24) is 10.2 Å². The van der Waals surface area contributed by atoms with Crippen LogP contribution in [-0.4, -0.2) is 41.9 Å². The number of rotatable bonds is 5. The van der Waals surface area contributed by atoms with E-state index < -0.39 is 0 Å². The predicted molar refractivity (Wildman–Crippen MR) is 85.8 cm³/mol. The molecule has 22 heavy (non-hydrogen) atoms. The Hall–Kier alpha value is -2.04. The lowest BCUT2D eigenvalue weighted by Gasteiger charge is -2.22. The average molecular weight is 301 g/mol. The molecular formula is C17H23N3O2. The van der Waals surface area contributed by atoms with Gasteiger partial charge in [0, 0.05) is 30.4 Å². The van der Waals surface area contributed by atoms with Crippen molar-refractivity contribution in [2.75, 3.05) is 18.4 Å². The van der Waals surface area contributed by atoms with Crippen LogP contribution in [0, 0.1) is 0 Å². The van der Waals surface area contributed by atoms with Crippen LogP contribution in [0.2, 0.25) is 0 Å². The minimum atomic E-state index is -0.246. The van der Waals surface area contributed by atoms with Crippen LogP contribution in [0.15, 0.2) is 24.3 Å². The van der Waals surface area contributed by atoms with E-state index in [1.54, 1.807) is 12.1 Å². The minimum Gasteiger partial charge on any atom is -0.374 e. The standard InChI is InChI=1S/C17H23N3O2/c1-12(17(22)20-10-2-3-11-20)18-14-6-4-13(5-7-14)16(21)19-15-8-9-15/h4-7,12,15,18H,2-3,8-11H2,1H3,(H,19,21). The van der Waals surface area contributed by atoms with Crippen molar-refractivity contribution in [2.24, 2.45) is 0 Å². The van der Waals surface area contributed by atoms with Crippen LogP contribution in [0.5, 0.6) is 0 Å². The zero-order valence-corrected chi connectivity index (χ0v) is 13.0. The largest absolute Gasteiger partial charge is 0.374 e. The van der Waals surface area contributed by atoms with Gasteiger partial charge in [-0.1, -0.05) is 0 Å². The Morgan fingerprint density at radius 3 is 2.36 bits per heavy atom. The summed E-state index contributed by atoms with van der Waals surface area (Å²) in [4.78, 5) is 26.1. The van der Waals surface area contributed by atoms with Crippen LogP contribution in [0.25, 0.3) is 0 Å². The molecule has 3 rings (SSSR count). The Morgan fingerprint density at radius 1 is 1.14 bits per heavy atom. The highest BCUT2D eigenvalue weighted by Gasteiger charge is 2.24. The van der Waals surface area contributed by atoms with Crippen LogP contribution < -0.4 is 10.6 Å².